The first-order valence-electron chi connectivity index (χ1n) is 22.7. The first-order chi connectivity index (χ1) is 32.5. The first kappa shape index (κ1) is 38.1. The maximum atomic E-state index is 6.28. The van der Waals surface area contributed by atoms with Crippen LogP contribution in [0.15, 0.2) is 233 Å². The van der Waals surface area contributed by atoms with Crippen LogP contribution < -0.4 is 4.90 Å². The summed E-state index contributed by atoms with van der Waals surface area (Å²) in [6, 6.07) is 81.0. The molecule has 1 aliphatic carbocycles. The fraction of sp³-hybridized carbons (Fsp3) is 0.0476. The van der Waals surface area contributed by atoms with Crippen LogP contribution >= 0.6 is 0 Å². The van der Waals surface area contributed by atoms with Crippen molar-refractivity contribution in [3.05, 3.63) is 236 Å². The number of fused-ring (bicyclic) bond motifs is 9. The lowest BCUT2D eigenvalue weighted by Crippen LogP contribution is -2.14. The van der Waals surface area contributed by atoms with E-state index < -0.39 is 0 Å². The summed E-state index contributed by atoms with van der Waals surface area (Å²) in [6.45, 7) is 4.67. The minimum atomic E-state index is -0.0231. The molecule has 0 unspecified atom stereocenters. The van der Waals surface area contributed by atoms with Crippen molar-refractivity contribution in [1.29, 1.82) is 0 Å². The van der Waals surface area contributed by atoms with Crippen molar-refractivity contribution in [3.8, 4) is 55.6 Å². The normalized spacial score (nSPS) is 12.8. The molecule has 2 aromatic heterocycles. The molecule has 312 valence electrons. The van der Waals surface area contributed by atoms with E-state index in [9.17, 15) is 0 Å². The van der Waals surface area contributed by atoms with Gasteiger partial charge in [-0.3, -0.25) is 0 Å². The predicted molar refractivity (Wildman–Crippen MR) is 275 cm³/mol. The van der Waals surface area contributed by atoms with Crippen molar-refractivity contribution in [2.45, 2.75) is 19.3 Å². The molecule has 2 heterocycles. The Labute approximate surface area is 383 Å². The molecule has 13 rings (SSSR count). The lowest BCUT2D eigenvalue weighted by Gasteiger charge is -2.26. The topological polar surface area (TPSA) is 29.5 Å². The Morgan fingerprint density at radius 2 is 0.742 bits per heavy atom. The van der Waals surface area contributed by atoms with Crippen molar-refractivity contribution in [1.82, 2.24) is 0 Å². The van der Waals surface area contributed by atoms with Gasteiger partial charge in [0.2, 0.25) is 0 Å². The van der Waals surface area contributed by atoms with Gasteiger partial charge in [-0.15, -0.1) is 0 Å². The number of hydrogen-bond donors (Lipinski definition) is 0. The van der Waals surface area contributed by atoms with E-state index in [4.69, 9.17) is 8.83 Å². The summed E-state index contributed by atoms with van der Waals surface area (Å²) in [7, 11) is 0. The third-order valence-electron chi connectivity index (χ3n) is 13.9. The third-order valence-corrected chi connectivity index (χ3v) is 13.9. The summed E-state index contributed by atoms with van der Waals surface area (Å²) in [6.07, 6.45) is 0. The second-order valence-corrected chi connectivity index (χ2v) is 18.0. The van der Waals surface area contributed by atoms with Crippen LogP contribution in [0.25, 0.3) is 99.5 Å². The van der Waals surface area contributed by atoms with Gasteiger partial charge in [0.25, 0.3) is 0 Å². The summed E-state index contributed by atoms with van der Waals surface area (Å²) >= 11 is 0. The Morgan fingerprint density at radius 3 is 1.35 bits per heavy atom. The Bertz CT molecular complexity index is 3690. The summed E-state index contributed by atoms with van der Waals surface area (Å²) < 4.78 is 12.6. The Kier molecular flexibility index (Phi) is 8.56. The van der Waals surface area contributed by atoms with Crippen molar-refractivity contribution in [3.63, 3.8) is 0 Å². The number of hydrogen-bond acceptors (Lipinski definition) is 3. The molecule has 12 aromatic rings. The molecule has 66 heavy (non-hydrogen) atoms. The molecule has 0 bridgehead atoms. The smallest absolute Gasteiger partial charge is 0.136 e. The minimum absolute atomic E-state index is 0.0231. The SMILES string of the molecule is CC1(C)c2ccccc2-c2cc(-c3cccc(-c4cccc(N(c5ccc(-c6cccc7oc8ccccc8c67)cc5)c5ccc(-c6cccc7oc8ccccc8c67)cc5)c4)c3)ccc21. The predicted octanol–water partition coefficient (Wildman–Crippen LogP) is 17.9. The van der Waals surface area contributed by atoms with E-state index in [2.05, 4.69) is 219 Å². The van der Waals surface area contributed by atoms with Crippen molar-refractivity contribution < 1.29 is 8.83 Å². The van der Waals surface area contributed by atoms with E-state index in [0.29, 0.717) is 0 Å². The fourth-order valence-corrected chi connectivity index (χ4v) is 10.7. The van der Waals surface area contributed by atoms with Gasteiger partial charge in [0.15, 0.2) is 0 Å². The maximum absolute atomic E-state index is 6.28. The van der Waals surface area contributed by atoms with Gasteiger partial charge >= 0.3 is 0 Å². The zero-order valence-corrected chi connectivity index (χ0v) is 36.6. The molecule has 0 aliphatic heterocycles. The monoisotopic (exact) mass is 845 g/mol. The van der Waals surface area contributed by atoms with E-state index in [1.807, 2.05) is 24.3 Å². The van der Waals surface area contributed by atoms with Crippen LogP contribution in [0.5, 0.6) is 0 Å². The van der Waals surface area contributed by atoms with Gasteiger partial charge in [-0.05, 0) is 140 Å². The first-order valence-corrected chi connectivity index (χ1v) is 22.7. The number of anilines is 3. The Hall–Kier alpha value is -8.40. The number of benzene rings is 10. The molecule has 3 nitrogen and oxygen atoms in total. The molecule has 0 spiro atoms. The quantitative estimate of drug-likeness (QED) is 0.160. The molecule has 0 radical (unpaired) electrons. The van der Waals surface area contributed by atoms with Crippen LogP contribution in [0.3, 0.4) is 0 Å². The molecule has 0 amide bonds. The Balaban J connectivity index is 0.905. The average Bonchev–Trinajstić information content (AvgIpc) is 4.02. The van der Waals surface area contributed by atoms with Gasteiger partial charge in [0.05, 0.1) is 0 Å². The van der Waals surface area contributed by atoms with Crippen LogP contribution in [0.2, 0.25) is 0 Å². The summed E-state index contributed by atoms with van der Waals surface area (Å²) in [5, 5.41) is 4.52. The number of furan rings is 2. The second kappa shape index (κ2) is 14.8. The lowest BCUT2D eigenvalue weighted by atomic mass is 9.82. The fourth-order valence-electron chi connectivity index (χ4n) is 10.7. The minimum Gasteiger partial charge on any atom is -0.456 e. The van der Waals surface area contributed by atoms with E-state index in [0.717, 1.165) is 88.8 Å². The van der Waals surface area contributed by atoms with Gasteiger partial charge in [0, 0.05) is 44.0 Å². The molecule has 0 saturated heterocycles. The molecular weight excluding hydrogens is 803 g/mol. The van der Waals surface area contributed by atoms with Crippen LogP contribution in [0, 0.1) is 0 Å². The highest BCUT2D eigenvalue weighted by atomic mass is 16.3. The van der Waals surface area contributed by atoms with Crippen LogP contribution in [-0.2, 0) is 5.41 Å². The molecule has 10 aromatic carbocycles. The summed E-state index contributed by atoms with van der Waals surface area (Å²) in [4.78, 5) is 2.36. The number of rotatable bonds is 7. The standard InChI is InChI=1S/C63H43NO2/c1-63(2)55-22-6-3-17-51(55)54-39-45(31-36-56(54)63)43-14-9-13-42(37-43)44-15-10-16-48(38-44)64(46-32-27-40(28-33-46)49-20-11-25-59-61(49)52-18-4-7-23-57(52)65-59)47-34-29-41(30-35-47)50-21-12-26-60-62(50)53-19-5-8-24-58(53)66-60/h3-39H,1-2H3. The third kappa shape index (κ3) is 6.04. The van der Waals surface area contributed by atoms with Crippen LogP contribution in [-0.4, -0.2) is 0 Å². The van der Waals surface area contributed by atoms with E-state index in [1.165, 1.54) is 38.9 Å². The van der Waals surface area contributed by atoms with Gasteiger partial charge in [0.1, 0.15) is 22.3 Å². The molecule has 1 aliphatic rings. The lowest BCUT2D eigenvalue weighted by molar-refractivity contribution is 0.660. The second-order valence-electron chi connectivity index (χ2n) is 18.0. The maximum Gasteiger partial charge on any atom is 0.136 e. The molecule has 3 heteroatoms. The highest BCUT2D eigenvalue weighted by molar-refractivity contribution is 6.13. The van der Waals surface area contributed by atoms with Crippen LogP contribution in [0.1, 0.15) is 25.0 Å². The zero-order valence-electron chi connectivity index (χ0n) is 36.6. The summed E-state index contributed by atoms with van der Waals surface area (Å²) in [5.74, 6) is 0. The molecule has 0 N–H and O–H groups in total. The van der Waals surface area contributed by atoms with E-state index in [-0.39, 0.29) is 5.41 Å². The molecular formula is C63H43NO2. The van der Waals surface area contributed by atoms with Crippen molar-refractivity contribution >= 4 is 60.9 Å². The number of nitrogens with zero attached hydrogens (tertiary/aromatic N) is 1. The average molecular weight is 846 g/mol. The summed E-state index contributed by atoms with van der Waals surface area (Å²) in [5.41, 5.74) is 21.5. The molecule has 0 atom stereocenters. The highest BCUT2D eigenvalue weighted by Crippen LogP contribution is 2.50. The van der Waals surface area contributed by atoms with Gasteiger partial charge in [-0.1, -0.05) is 166 Å². The highest BCUT2D eigenvalue weighted by Gasteiger charge is 2.35. The zero-order chi connectivity index (χ0) is 43.9. The van der Waals surface area contributed by atoms with Crippen molar-refractivity contribution in [2.75, 3.05) is 4.90 Å². The molecule has 0 fully saturated rings. The van der Waals surface area contributed by atoms with Crippen LogP contribution in [0.4, 0.5) is 17.1 Å². The Morgan fingerprint density at radius 1 is 0.303 bits per heavy atom. The van der Waals surface area contributed by atoms with Gasteiger partial charge < -0.3 is 13.7 Å². The molecule has 0 saturated carbocycles. The number of para-hydroxylation sites is 2. The van der Waals surface area contributed by atoms with Gasteiger partial charge in [-0.2, -0.15) is 0 Å². The largest absolute Gasteiger partial charge is 0.456 e. The van der Waals surface area contributed by atoms with E-state index >= 15 is 0 Å². The van der Waals surface area contributed by atoms with Gasteiger partial charge in [-0.25, -0.2) is 0 Å². The van der Waals surface area contributed by atoms with E-state index in [1.54, 1.807) is 0 Å². The van der Waals surface area contributed by atoms with Crippen molar-refractivity contribution in [2.24, 2.45) is 0 Å².